The second-order valence-electron chi connectivity index (χ2n) is 12.1. The fourth-order valence-electron chi connectivity index (χ4n) is 4.71. The Morgan fingerprint density at radius 1 is 1.02 bits per heavy atom. The first-order valence-electron chi connectivity index (χ1n) is 13.9. The molecule has 0 saturated heterocycles. The van der Waals surface area contributed by atoms with Crippen LogP contribution in [-0.4, -0.2) is 35.6 Å². The Morgan fingerprint density at radius 2 is 1.79 bits per heavy atom. The fourth-order valence-corrected chi connectivity index (χ4v) is 5.89. The number of benzene rings is 2. The number of hydrogen-bond donors (Lipinski definition) is 1. The van der Waals surface area contributed by atoms with Gasteiger partial charge in [0.25, 0.3) is 0 Å². The van der Waals surface area contributed by atoms with Crippen LogP contribution in [0.1, 0.15) is 57.5 Å². The summed E-state index contributed by atoms with van der Waals surface area (Å²) in [5, 5.41) is 19.2. The Labute approximate surface area is 250 Å². The van der Waals surface area contributed by atoms with E-state index < -0.39 is 11.4 Å². The molecule has 5 rings (SSSR count). The molecule has 0 aliphatic rings. The van der Waals surface area contributed by atoms with Crippen molar-refractivity contribution in [3.63, 3.8) is 0 Å². The van der Waals surface area contributed by atoms with E-state index in [1.807, 2.05) is 48.5 Å². The number of carboxylic acid groups (broad SMARTS) is 1. The largest absolute Gasteiger partial charge is 0.487 e. The van der Waals surface area contributed by atoms with E-state index in [2.05, 4.69) is 52.7 Å². The maximum Gasteiger partial charge on any atom is 0.309 e. The Hall–Kier alpha value is -4.11. The van der Waals surface area contributed by atoms with Gasteiger partial charge in [-0.05, 0) is 61.9 Å². The zero-order valence-corrected chi connectivity index (χ0v) is 25.7. The SMILES string of the molecule is Cc1nnc(-c2ccc(Cn3c(CC(C)(C)C(=O)O)c(SC(C)(C)C)c4cc(OCc5ccccn5)ccc43)cc2)o1. The molecule has 0 saturated carbocycles. The van der Waals surface area contributed by atoms with Gasteiger partial charge in [-0.1, -0.05) is 39.0 Å². The third-order valence-electron chi connectivity index (χ3n) is 6.87. The van der Waals surface area contributed by atoms with Gasteiger partial charge in [0.15, 0.2) is 0 Å². The first-order chi connectivity index (χ1) is 19.9. The van der Waals surface area contributed by atoms with E-state index in [-0.39, 0.29) is 4.75 Å². The molecule has 0 bridgehead atoms. The summed E-state index contributed by atoms with van der Waals surface area (Å²) in [5.41, 5.74) is 3.84. The number of ether oxygens (including phenoxy) is 1. The van der Waals surface area contributed by atoms with Crippen LogP contribution in [0.2, 0.25) is 0 Å². The molecule has 42 heavy (non-hydrogen) atoms. The fraction of sp³-hybridized carbons (Fsp3) is 0.333. The molecule has 3 aromatic heterocycles. The van der Waals surface area contributed by atoms with Gasteiger partial charge >= 0.3 is 5.97 Å². The van der Waals surface area contributed by atoms with E-state index in [1.165, 1.54) is 0 Å². The van der Waals surface area contributed by atoms with Gasteiger partial charge < -0.3 is 18.8 Å². The normalized spacial score (nSPS) is 12.1. The number of hydrogen-bond acceptors (Lipinski definition) is 7. The number of rotatable bonds is 10. The highest BCUT2D eigenvalue weighted by Gasteiger charge is 2.33. The summed E-state index contributed by atoms with van der Waals surface area (Å²) < 4.78 is 13.9. The molecule has 2 aromatic carbocycles. The van der Waals surface area contributed by atoms with Gasteiger partial charge in [-0.15, -0.1) is 22.0 Å². The number of thioether (sulfide) groups is 1. The number of aryl methyl sites for hydroxylation is 1. The molecule has 0 aliphatic carbocycles. The topological polar surface area (TPSA) is 103 Å². The summed E-state index contributed by atoms with van der Waals surface area (Å²) in [6, 6.07) is 19.9. The van der Waals surface area contributed by atoms with Crippen molar-refractivity contribution < 1.29 is 19.1 Å². The summed E-state index contributed by atoms with van der Waals surface area (Å²) in [7, 11) is 0. The molecular weight excluding hydrogens is 548 g/mol. The molecular formula is C33H36N4O4S. The summed E-state index contributed by atoms with van der Waals surface area (Å²) in [6.07, 6.45) is 2.13. The Balaban J connectivity index is 1.59. The molecule has 5 aromatic rings. The van der Waals surface area contributed by atoms with Gasteiger partial charge in [0.1, 0.15) is 12.4 Å². The van der Waals surface area contributed by atoms with E-state index in [9.17, 15) is 9.90 Å². The summed E-state index contributed by atoms with van der Waals surface area (Å²) in [5.74, 6) is 0.913. The highest BCUT2D eigenvalue weighted by molar-refractivity contribution is 8.00. The average molecular weight is 585 g/mol. The van der Waals surface area contributed by atoms with Gasteiger partial charge in [0.05, 0.1) is 11.1 Å². The van der Waals surface area contributed by atoms with Crippen LogP contribution in [0.3, 0.4) is 0 Å². The van der Waals surface area contributed by atoms with E-state index in [4.69, 9.17) is 9.15 Å². The molecule has 0 amide bonds. The third-order valence-corrected chi connectivity index (χ3v) is 8.14. The van der Waals surface area contributed by atoms with Crippen LogP contribution >= 0.6 is 11.8 Å². The quantitative estimate of drug-likeness (QED) is 0.168. The maximum atomic E-state index is 12.3. The predicted octanol–water partition coefficient (Wildman–Crippen LogP) is 7.57. The van der Waals surface area contributed by atoms with Gasteiger partial charge in [-0.3, -0.25) is 9.78 Å². The molecule has 218 valence electrons. The molecule has 0 atom stereocenters. The first-order valence-corrected chi connectivity index (χ1v) is 14.7. The maximum absolute atomic E-state index is 12.3. The number of nitrogens with zero attached hydrogens (tertiary/aromatic N) is 4. The van der Waals surface area contributed by atoms with E-state index in [0.29, 0.717) is 31.4 Å². The highest BCUT2D eigenvalue weighted by atomic mass is 32.2. The second kappa shape index (κ2) is 11.6. The summed E-state index contributed by atoms with van der Waals surface area (Å²) in [6.45, 7) is 12.8. The van der Waals surface area contributed by atoms with Gasteiger partial charge in [0, 0.05) is 57.9 Å². The van der Waals surface area contributed by atoms with Crippen molar-refractivity contribution in [2.75, 3.05) is 0 Å². The van der Waals surface area contributed by atoms with Crippen molar-refractivity contribution in [2.24, 2.45) is 5.41 Å². The predicted molar refractivity (Wildman–Crippen MR) is 165 cm³/mol. The number of carbonyl (C=O) groups is 1. The zero-order chi connectivity index (χ0) is 30.1. The van der Waals surface area contributed by atoms with E-state index >= 15 is 0 Å². The van der Waals surface area contributed by atoms with Crippen molar-refractivity contribution in [3.8, 4) is 17.2 Å². The monoisotopic (exact) mass is 584 g/mol. The summed E-state index contributed by atoms with van der Waals surface area (Å²) >= 11 is 1.76. The molecule has 1 N–H and O–H groups in total. The lowest BCUT2D eigenvalue weighted by Crippen LogP contribution is -2.28. The average Bonchev–Trinajstić information content (AvgIpc) is 3.49. The van der Waals surface area contributed by atoms with Crippen LogP contribution in [0.4, 0.5) is 0 Å². The first kappa shape index (κ1) is 29.4. The molecule has 3 heterocycles. The van der Waals surface area contributed by atoms with Crippen LogP contribution in [0, 0.1) is 12.3 Å². The number of aliphatic carboxylic acids is 1. The van der Waals surface area contributed by atoms with Crippen LogP contribution in [-0.2, 0) is 24.4 Å². The van der Waals surface area contributed by atoms with Crippen molar-refractivity contribution >= 4 is 28.6 Å². The Bertz CT molecular complexity index is 1700. The van der Waals surface area contributed by atoms with Gasteiger partial charge in [-0.25, -0.2) is 0 Å². The molecule has 0 unspecified atom stereocenters. The highest BCUT2D eigenvalue weighted by Crippen LogP contribution is 2.44. The Kier molecular flexibility index (Phi) is 8.14. The smallest absolute Gasteiger partial charge is 0.309 e. The van der Waals surface area contributed by atoms with Crippen LogP contribution in [0.15, 0.2) is 76.2 Å². The van der Waals surface area contributed by atoms with Crippen molar-refractivity contribution in [3.05, 3.63) is 89.7 Å². The minimum absolute atomic E-state index is 0.101. The zero-order valence-electron chi connectivity index (χ0n) is 24.8. The summed E-state index contributed by atoms with van der Waals surface area (Å²) in [4.78, 5) is 17.7. The minimum Gasteiger partial charge on any atom is -0.487 e. The van der Waals surface area contributed by atoms with Gasteiger partial charge in [0.2, 0.25) is 11.8 Å². The lowest BCUT2D eigenvalue weighted by Gasteiger charge is -2.24. The molecule has 0 fully saturated rings. The number of aromatic nitrogens is 4. The van der Waals surface area contributed by atoms with Gasteiger partial charge in [-0.2, -0.15) is 0 Å². The molecule has 0 spiro atoms. The lowest BCUT2D eigenvalue weighted by atomic mass is 9.88. The van der Waals surface area contributed by atoms with Crippen LogP contribution in [0.25, 0.3) is 22.4 Å². The third kappa shape index (κ3) is 6.68. The number of carboxylic acids is 1. The molecule has 8 nitrogen and oxygen atoms in total. The second-order valence-corrected chi connectivity index (χ2v) is 13.9. The molecule has 0 aliphatic heterocycles. The van der Waals surface area contributed by atoms with Crippen molar-refractivity contribution in [2.45, 2.75) is 70.8 Å². The Morgan fingerprint density at radius 3 is 2.40 bits per heavy atom. The number of pyridine rings is 1. The standard InChI is InChI=1S/C33H36N4O4S/c1-21-35-36-30(41-21)23-12-10-22(11-13-23)19-37-27-15-14-25(40-20-24-9-7-8-16-34-24)17-26(27)29(42-32(2,3)4)28(37)18-33(5,6)31(38)39/h7-17H,18-20H2,1-6H3,(H,38,39). The van der Waals surface area contributed by atoms with Crippen molar-refractivity contribution in [1.29, 1.82) is 0 Å². The molecule has 0 radical (unpaired) electrons. The number of fused-ring (bicyclic) bond motifs is 1. The van der Waals surface area contributed by atoms with E-state index in [0.717, 1.165) is 44.1 Å². The lowest BCUT2D eigenvalue weighted by molar-refractivity contribution is -0.146. The minimum atomic E-state index is -0.961. The van der Waals surface area contributed by atoms with Crippen LogP contribution < -0.4 is 4.74 Å². The van der Waals surface area contributed by atoms with Crippen LogP contribution in [0.5, 0.6) is 5.75 Å². The molecule has 9 heteroatoms. The van der Waals surface area contributed by atoms with Crippen molar-refractivity contribution in [1.82, 2.24) is 19.7 Å². The van der Waals surface area contributed by atoms with E-state index in [1.54, 1.807) is 38.7 Å².